The number of carbonyl (C=O) groups excluding carboxylic acids is 3. The van der Waals surface area contributed by atoms with Crippen molar-refractivity contribution >= 4 is 46.1 Å². The van der Waals surface area contributed by atoms with Crippen LogP contribution in [0.3, 0.4) is 0 Å². The fourth-order valence-electron chi connectivity index (χ4n) is 4.90. The molecule has 278 valence electrons. The highest BCUT2D eigenvalue weighted by Gasteiger charge is 2.10. The molecule has 0 aromatic heterocycles. The summed E-state index contributed by atoms with van der Waals surface area (Å²) in [5, 5.41) is 20.8. The number of isocyanates is 1. The molecule has 0 radical (unpaired) electrons. The molecule has 0 saturated carbocycles. The predicted octanol–water partition coefficient (Wildman–Crippen LogP) is 8.40. The number of non-ortho nitro benzene ring substituents is 2. The van der Waals surface area contributed by atoms with Crippen LogP contribution in [0.2, 0.25) is 0 Å². The normalized spacial score (nSPS) is 9.60. The minimum atomic E-state index is -0.476. The molecule has 0 aliphatic heterocycles. The number of para-hydroxylation sites is 1. The van der Waals surface area contributed by atoms with Crippen LogP contribution in [0, 0.1) is 20.2 Å². The van der Waals surface area contributed by atoms with Gasteiger partial charge in [0.15, 0.2) is 0 Å². The first-order valence-electron chi connectivity index (χ1n) is 16.8. The molecule has 0 aliphatic rings. The van der Waals surface area contributed by atoms with E-state index in [-0.39, 0.29) is 29.4 Å². The lowest BCUT2D eigenvalue weighted by atomic mass is 10.0. The zero-order chi connectivity index (χ0) is 39.8. The fourth-order valence-corrected chi connectivity index (χ4v) is 4.90. The van der Waals surface area contributed by atoms with Gasteiger partial charge in [-0.15, -0.1) is 0 Å². The van der Waals surface area contributed by atoms with Crippen LogP contribution in [0.4, 0.5) is 28.4 Å². The topological polar surface area (TPSA) is 202 Å². The number of nitrogens with two attached hydrogens (primary N) is 2. The molecule has 0 unspecified atom stereocenters. The van der Waals surface area contributed by atoms with Crippen molar-refractivity contribution in [2.75, 3.05) is 11.5 Å². The third-order valence-corrected chi connectivity index (χ3v) is 7.38. The van der Waals surface area contributed by atoms with Crippen molar-refractivity contribution in [3.8, 4) is 0 Å². The van der Waals surface area contributed by atoms with Crippen LogP contribution < -0.4 is 11.5 Å². The largest absolute Gasteiger partial charge is 0.399 e. The maximum Gasteiger partial charge on any atom is 0.271 e. The Balaban J connectivity index is 0.000000206. The van der Waals surface area contributed by atoms with E-state index in [0.29, 0.717) is 41.9 Å². The molecule has 0 bridgehead atoms. The highest BCUT2D eigenvalue weighted by atomic mass is 16.6. The predicted molar refractivity (Wildman–Crippen MR) is 213 cm³/mol. The minimum Gasteiger partial charge on any atom is -0.399 e. The summed E-state index contributed by atoms with van der Waals surface area (Å²) < 4.78 is 0. The maximum absolute atomic E-state index is 11.9. The number of hydrogen-bond acceptors (Lipinski definition) is 10. The van der Waals surface area contributed by atoms with E-state index in [2.05, 4.69) is 4.99 Å². The molecule has 55 heavy (non-hydrogen) atoms. The first-order valence-corrected chi connectivity index (χ1v) is 16.8. The molecule has 0 fully saturated rings. The summed E-state index contributed by atoms with van der Waals surface area (Å²) in [5.74, 6) is 0.258. The second-order valence-electron chi connectivity index (χ2n) is 11.8. The Morgan fingerprint density at radius 1 is 0.491 bits per heavy atom. The number of ketones is 2. The second kappa shape index (κ2) is 23.1. The van der Waals surface area contributed by atoms with Crippen LogP contribution in [0.15, 0.2) is 169 Å². The summed E-state index contributed by atoms with van der Waals surface area (Å²) in [6, 6.07) is 47.8. The number of nitrogens with zero attached hydrogens (tertiary/aromatic N) is 3. The number of rotatable bonds is 11. The van der Waals surface area contributed by atoms with Crippen LogP contribution in [-0.4, -0.2) is 27.5 Å². The van der Waals surface area contributed by atoms with Crippen LogP contribution in [0.1, 0.15) is 22.3 Å². The van der Waals surface area contributed by atoms with Crippen molar-refractivity contribution in [2.45, 2.75) is 25.7 Å². The van der Waals surface area contributed by atoms with Crippen molar-refractivity contribution in [2.24, 2.45) is 4.99 Å². The number of aliphatic imine (C=N–C) groups is 1. The van der Waals surface area contributed by atoms with Gasteiger partial charge in [-0.05, 0) is 52.6 Å². The van der Waals surface area contributed by atoms with Gasteiger partial charge in [0.05, 0.1) is 15.5 Å². The molecule has 0 spiro atoms. The SMILES string of the molecule is Nc1cccc(CC(=O)Cc2ccccc2)c1.Nc1cccc([N+](=O)[O-])c1.O=C(Cc1ccccc1)Cc1cccc([N+](=O)[O-])c1.O=C=Nc1ccccc1. The van der Waals surface area contributed by atoms with E-state index in [4.69, 9.17) is 11.5 Å². The van der Waals surface area contributed by atoms with Crippen molar-refractivity contribution in [3.63, 3.8) is 0 Å². The molecule has 0 heterocycles. The summed E-state index contributed by atoms with van der Waals surface area (Å²) in [5.41, 5.74) is 16.4. The number of nitrogen functional groups attached to an aromatic ring is 2. The van der Waals surface area contributed by atoms with Gasteiger partial charge in [-0.25, -0.2) is 4.79 Å². The number of benzene rings is 6. The van der Waals surface area contributed by atoms with Gasteiger partial charge in [-0.2, -0.15) is 4.99 Å². The van der Waals surface area contributed by atoms with E-state index in [1.807, 2.05) is 103 Å². The molecular weight excluding hydrogens is 699 g/mol. The van der Waals surface area contributed by atoms with Crippen LogP contribution in [-0.2, 0) is 40.1 Å². The van der Waals surface area contributed by atoms with Gasteiger partial charge in [0, 0.05) is 61.3 Å². The Kier molecular flexibility index (Phi) is 17.6. The van der Waals surface area contributed by atoms with Gasteiger partial charge < -0.3 is 11.5 Å². The monoisotopic (exact) mass is 737 g/mol. The van der Waals surface area contributed by atoms with Gasteiger partial charge in [0.2, 0.25) is 6.08 Å². The number of carbonyl (C=O) groups is 2. The standard InChI is InChI=1S/C15H13NO3.C15H15NO.C7H5NO.C6H6N2O2/c17-15(10-12-5-2-1-3-6-12)11-13-7-4-8-14(9-13)16(18)19;16-14-8-4-7-13(9-14)11-15(17)10-12-5-2-1-3-6-12;9-6-8-7-4-2-1-3-5-7;7-5-2-1-3-6(4-5)8(9)10/h1-9H,10-11H2;1-9H,10-11,16H2;1-5H;1-4H,7H2. The highest BCUT2D eigenvalue weighted by molar-refractivity contribution is 5.83. The Morgan fingerprint density at radius 3 is 1.27 bits per heavy atom. The van der Waals surface area contributed by atoms with Gasteiger partial charge in [-0.1, -0.05) is 109 Å². The molecule has 0 saturated heterocycles. The minimum absolute atomic E-state index is 0.0185. The molecule has 6 aromatic carbocycles. The second-order valence-corrected chi connectivity index (χ2v) is 11.8. The summed E-state index contributed by atoms with van der Waals surface area (Å²) >= 11 is 0. The van der Waals surface area contributed by atoms with E-state index in [1.54, 1.807) is 36.4 Å². The lowest BCUT2D eigenvalue weighted by Crippen LogP contribution is -2.06. The van der Waals surface area contributed by atoms with Gasteiger partial charge in [0.1, 0.15) is 11.6 Å². The molecule has 6 aromatic rings. The van der Waals surface area contributed by atoms with Crippen molar-refractivity contribution in [1.29, 1.82) is 0 Å². The maximum atomic E-state index is 11.9. The summed E-state index contributed by atoms with van der Waals surface area (Å²) in [4.78, 5) is 56.7. The van der Waals surface area contributed by atoms with E-state index in [9.17, 15) is 34.6 Å². The third kappa shape index (κ3) is 17.0. The Bertz CT molecular complexity index is 2190. The van der Waals surface area contributed by atoms with Gasteiger partial charge in [0.25, 0.3) is 11.4 Å². The van der Waals surface area contributed by atoms with Crippen molar-refractivity contribution < 1.29 is 24.2 Å². The molecule has 12 heteroatoms. The number of Topliss-reactive ketones (excluding diaryl/α,β-unsaturated/α-hetero) is 2. The van der Waals surface area contributed by atoms with Crippen molar-refractivity contribution in [3.05, 3.63) is 206 Å². The number of hydrogen-bond donors (Lipinski definition) is 2. The van der Waals surface area contributed by atoms with E-state index in [0.717, 1.165) is 16.7 Å². The molecule has 12 nitrogen and oxygen atoms in total. The Labute approximate surface area is 318 Å². The quantitative estimate of drug-likeness (QED) is 0.0430. The number of nitro benzene ring substituents is 2. The lowest BCUT2D eigenvalue weighted by molar-refractivity contribution is -0.385. The van der Waals surface area contributed by atoms with Crippen LogP contribution in [0.5, 0.6) is 0 Å². The van der Waals surface area contributed by atoms with E-state index >= 15 is 0 Å². The first-order chi connectivity index (χ1) is 26.5. The summed E-state index contributed by atoms with van der Waals surface area (Å²) in [6.45, 7) is 0. The zero-order valence-electron chi connectivity index (χ0n) is 29.8. The highest BCUT2D eigenvalue weighted by Crippen LogP contribution is 2.15. The summed E-state index contributed by atoms with van der Waals surface area (Å²) in [6.07, 6.45) is 2.95. The summed E-state index contributed by atoms with van der Waals surface area (Å²) in [7, 11) is 0. The van der Waals surface area contributed by atoms with Gasteiger partial charge in [-0.3, -0.25) is 29.8 Å². The molecule has 6 rings (SSSR count). The average molecular weight is 738 g/mol. The number of anilines is 2. The Morgan fingerprint density at radius 2 is 0.855 bits per heavy atom. The number of nitro groups is 2. The smallest absolute Gasteiger partial charge is 0.271 e. The lowest BCUT2D eigenvalue weighted by Gasteiger charge is -2.02. The van der Waals surface area contributed by atoms with Gasteiger partial charge >= 0.3 is 0 Å². The average Bonchev–Trinajstić information content (AvgIpc) is 3.17. The molecule has 0 aliphatic carbocycles. The third-order valence-electron chi connectivity index (χ3n) is 7.38. The van der Waals surface area contributed by atoms with E-state index < -0.39 is 9.85 Å². The molecular formula is C43H39N5O7. The van der Waals surface area contributed by atoms with Crippen molar-refractivity contribution in [1.82, 2.24) is 0 Å². The van der Waals surface area contributed by atoms with Crippen LogP contribution in [0.25, 0.3) is 0 Å². The fraction of sp³-hybridized carbons (Fsp3) is 0.0930. The van der Waals surface area contributed by atoms with E-state index in [1.165, 1.54) is 30.3 Å². The molecule has 4 N–H and O–H groups in total. The zero-order valence-corrected chi connectivity index (χ0v) is 29.8. The molecule has 0 amide bonds. The Hall–Kier alpha value is -7.56. The molecule has 0 atom stereocenters. The first kappa shape index (κ1) is 41.9. The van der Waals surface area contributed by atoms with Crippen LogP contribution >= 0.6 is 0 Å².